The van der Waals surface area contributed by atoms with Gasteiger partial charge in [-0.1, -0.05) is 12.1 Å². The van der Waals surface area contributed by atoms with E-state index >= 15 is 0 Å². The highest BCUT2D eigenvalue weighted by Gasteiger charge is 2.38. The third kappa shape index (κ3) is 2.26. The molecule has 4 nitrogen and oxygen atoms in total. The number of amides is 1. The Kier molecular flexibility index (Phi) is 2.33. The molecule has 1 aliphatic carbocycles. The van der Waals surface area contributed by atoms with Crippen LogP contribution in [0.15, 0.2) is 24.3 Å². The van der Waals surface area contributed by atoms with Gasteiger partial charge in [0.15, 0.2) is 0 Å². The molecule has 0 spiro atoms. The van der Waals surface area contributed by atoms with Crippen molar-refractivity contribution in [2.75, 3.05) is 11.6 Å². The van der Waals surface area contributed by atoms with E-state index in [9.17, 15) is 4.79 Å². The quantitative estimate of drug-likeness (QED) is 0.814. The number of rotatable bonds is 3. The number of benzene rings is 1. The first-order valence-electron chi connectivity index (χ1n) is 6.10. The van der Waals surface area contributed by atoms with E-state index in [0.29, 0.717) is 6.42 Å². The van der Waals surface area contributed by atoms with Crippen LogP contribution in [0.4, 0.5) is 5.69 Å². The van der Waals surface area contributed by atoms with E-state index in [-0.39, 0.29) is 11.4 Å². The second kappa shape index (κ2) is 3.74. The minimum absolute atomic E-state index is 0.0346. The Morgan fingerprint density at radius 1 is 1.41 bits per heavy atom. The van der Waals surface area contributed by atoms with Gasteiger partial charge in [0.1, 0.15) is 0 Å². The molecule has 0 radical (unpaired) electrons. The van der Waals surface area contributed by atoms with E-state index in [1.54, 1.807) is 0 Å². The Balaban J connectivity index is 1.76. The van der Waals surface area contributed by atoms with Crippen molar-refractivity contribution in [1.82, 2.24) is 5.43 Å². The van der Waals surface area contributed by atoms with Crippen LogP contribution >= 0.6 is 0 Å². The topological polar surface area (TPSA) is 58.4 Å². The molecule has 2 fully saturated rings. The van der Waals surface area contributed by atoms with Gasteiger partial charge < -0.3 is 5.73 Å². The Hall–Kier alpha value is -1.55. The molecule has 1 aromatic carbocycles. The first-order valence-corrected chi connectivity index (χ1v) is 6.10. The summed E-state index contributed by atoms with van der Waals surface area (Å²) < 4.78 is 0. The lowest BCUT2D eigenvalue weighted by Crippen LogP contribution is -2.33. The summed E-state index contributed by atoms with van der Waals surface area (Å²) in [6, 6.07) is 8.28. The Morgan fingerprint density at radius 2 is 2.24 bits per heavy atom. The predicted octanol–water partition coefficient (Wildman–Crippen LogP) is 0.962. The van der Waals surface area contributed by atoms with Crippen LogP contribution in [0.1, 0.15) is 24.8 Å². The zero-order chi connectivity index (χ0) is 11.9. The molecular weight excluding hydrogens is 214 g/mol. The van der Waals surface area contributed by atoms with Crippen LogP contribution in [-0.2, 0) is 11.2 Å². The summed E-state index contributed by atoms with van der Waals surface area (Å²) in [5.41, 5.74) is 11.3. The second-order valence-corrected chi connectivity index (χ2v) is 5.15. The van der Waals surface area contributed by atoms with Gasteiger partial charge in [0.2, 0.25) is 5.91 Å². The maximum atomic E-state index is 11.2. The van der Waals surface area contributed by atoms with Crippen molar-refractivity contribution >= 4 is 11.6 Å². The number of nitrogens with one attached hydrogen (secondary N) is 1. The lowest BCUT2D eigenvalue weighted by molar-refractivity contribution is -0.119. The summed E-state index contributed by atoms with van der Waals surface area (Å²) in [5, 5.41) is 1.90. The third-order valence-electron chi connectivity index (χ3n) is 3.49. The van der Waals surface area contributed by atoms with Crippen molar-refractivity contribution in [2.24, 2.45) is 5.73 Å². The smallest absolute Gasteiger partial charge is 0.240 e. The van der Waals surface area contributed by atoms with Crippen LogP contribution in [0.5, 0.6) is 0 Å². The van der Waals surface area contributed by atoms with Gasteiger partial charge in [-0.3, -0.25) is 15.2 Å². The molecule has 1 aromatic rings. The van der Waals surface area contributed by atoms with Crippen molar-refractivity contribution in [3.8, 4) is 0 Å². The summed E-state index contributed by atoms with van der Waals surface area (Å²) in [4.78, 5) is 11.2. The second-order valence-electron chi connectivity index (χ2n) is 5.15. The van der Waals surface area contributed by atoms with E-state index in [0.717, 1.165) is 31.5 Å². The van der Waals surface area contributed by atoms with Gasteiger partial charge >= 0.3 is 0 Å². The summed E-state index contributed by atoms with van der Waals surface area (Å²) in [7, 11) is 0. The summed E-state index contributed by atoms with van der Waals surface area (Å²) in [5.74, 6) is 0.0906. The Labute approximate surface area is 101 Å². The highest BCUT2D eigenvalue weighted by atomic mass is 16.2. The average molecular weight is 231 g/mol. The molecule has 90 valence electrons. The number of nitrogens with two attached hydrogens (primary N) is 1. The van der Waals surface area contributed by atoms with Gasteiger partial charge in [0.25, 0.3) is 0 Å². The highest BCUT2D eigenvalue weighted by molar-refractivity contribution is 5.81. The van der Waals surface area contributed by atoms with Gasteiger partial charge in [-0.15, -0.1) is 0 Å². The molecule has 1 saturated heterocycles. The van der Waals surface area contributed by atoms with Gasteiger partial charge in [-0.05, 0) is 37.0 Å². The maximum Gasteiger partial charge on any atom is 0.240 e. The van der Waals surface area contributed by atoms with Gasteiger partial charge in [-0.25, -0.2) is 0 Å². The molecule has 3 rings (SSSR count). The number of carbonyl (C=O) groups excluding carboxylic acids is 1. The monoisotopic (exact) mass is 231 g/mol. The highest BCUT2D eigenvalue weighted by Crippen LogP contribution is 2.36. The third-order valence-corrected chi connectivity index (χ3v) is 3.49. The molecule has 0 unspecified atom stereocenters. The van der Waals surface area contributed by atoms with E-state index < -0.39 is 0 Å². The van der Waals surface area contributed by atoms with Crippen molar-refractivity contribution in [3.05, 3.63) is 29.8 Å². The van der Waals surface area contributed by atoms with Crippen LogP contribution in [0.25, 0.3) is 0 Å². The van der Waals surface area contributed by atoms with Crippen LogP contribution in [0, 0.1) is 0 Å². The van der Waals surface area contributed by atoms with Gasteiger partial charge in [-0.2, -0.15) is 0 Å². The number of hydrazine groups is 1. The number of nitrogens with zero attached hydrogens (tertiary/aromatic N) is 1. The Morgan fingerprint density at radius 3 is 2.88 bits per heavy atom. The number of hydrogen-bond donors (Lipinski definition) is 2. The van der Waals surface area contributed by atoms with Crippen LogP contribution in [0.3, 0.4) is 0 Å². The van der Waals surface area contributed by atoms with Crippen molar-refractivity contribution < 1.29 is 4.79 Å². The van der Waals surface area contributed by atoms with Gasteiger partial charge in [0, 0.05) is 18.5 Å². The molecule has 1 aliphatic heterocycles. The molecule has 1 heterocycles. The zero-order valence-electron chi connectivity index (χ0n) is 9.78. The standard InChI is InChI=1S/C13H17N3O/c14-13(5-6-13)9-10-2-1-3-11(8-10)16-7-4-12(17)15-16/h1-3,8H,4-7,9,14H2,(H,15,17). The molecule has 0 bridgehead atoms. The van der Waals surface area contributed by atoms with Crippen molar-refractivity contribution in [1.29, 1.82) is 0 Å². The molecule has 4 heteroatoms. The molecule has 0 aromatic heterocycles. The number of anilines is 1. The molecule has 1 saturated carbocycles. The lowest BCUT2D eigenvalue weighted by atomic mass is 10.0. The molecule has 3 N–H and O–H groups in total. The molecular formula is C13H17N3O. The maximum absolute atomic E-state index is 11.2. The molecule has 1 amide bonds. The SMILES string of the molecule is NC1(Cc2cccc(N3CCC(=O)N3)c2)CC1. The van der Waals surface area contributed by atoms with Crippen molar-refractivity contribution in [3.63, 3.8) is 0 Å². The molecule has 17 heavy (non-hydrogen) atoms. The largest absolute Gasteiger partial charge is 0.325 e. The average Bonchev–Trinajstić information content (AvgIpc) is 2.87. The van der Waals surface area contributed by atoms with Crippen LogP contribution in [0.2, 0.25) is 0 Å². The van der Waals surface area contributed by atoms with Crippen LogP contribution < -0.4 is 16.2 Å². The minimum atomic E-state index is 0.0346. The molecule has 2 aliphatic rings. The summed E-state index contributed by atoms with van der Waals surface area (Å²) in [6.45, 7) is 0.746. The summed E-state index contributed by atoms with van der Waals surface area (Å²) >= 11 is 0. The normalized spacial score (nSPS) is 21.5. The first-order chi connectivity index (χ1) is 8.15. The van der Waals surface area contributed by atoms with Crippen LogP contribution in [-0.4, -0.2) is 18.0 Å². The van der Waals surface area contributed by atoms with E-state index in [1.165, 1.54) is 5.56 Å². The van der Waals surface area contributed by atoms with E-state index in [2.05, 4.69) is 17.6 Å². The zero-order valence-corrected chi connectivity index (χ0v) is 9.78. The fraction of sp³-hybridized carbons (Fsp3) is 0.462. The fourth-order valence-electron chi connectivity index (χ4n) is 2.25. The predicted molar refractivity (Wildman–Crippen MR) is 66.4 cm³/mol. The van der Waals surface area contributed by atoms with E-state index in [4.69, 9.17) is 5.73 Å². The lowest BCUT2D eigenvalue weighted by Gasteiger charge is -2.18. The van der Waals surface area contributed by atoms with Crippen molar-refractivity contribution in [2.45, 2.75) is 31.2 Å². The first kappa shape index (κ1) is 10.6. The summed E-state index contributed by atoms with van der Waals surface area (Å²) in [6.07, 6.45) is 3.75. The van der Waals surface area contributed by atoms with E-state index in [1.807, 2.05) is 17.1 Å². The van der Waals surface area contributed by atoms with Gasteiger partial charge in [0.05, 0.1) is 5.69 Å². The minimum Gasteiger partial charge on any atom is -0.325 e. The Bertz CT molecular complexity index is 454. The fourth-order valence-corrected chi connectivity index (χ4v) is 2.25. The number of carbonyl (C=O) groups is 1. The number of hydrogen-bond acceptors (Lipinski definition) is 3. The molecule has 0 atom stereocenters.